The number of amides is 2. The highest BCUT2D eigenvalue weighted by Gasteiger charge is 2.43. The van der Waals surface area contributed by atoms with Crippen LogP contribution in [0, 0.1) is 0 Å². The fourth-order valence-corrected chi connectivity index (χ4v) is 3.77. The lowest BCUT2D eigenvalue weighted by Crippen LogP contribution is -2.53. The van der Waals surface area contributed by atoms with E-state index in [0.717, 1.165) is 25.3 Å². The molecule has 2 aliphatic rings. The van der Waals surface area contributed by atoms with Crippen molar-refractivity contribution < 1.29 is 14.3 Å². The number of benzene rings is 1. The molecule has 3 heterocycles. The quantitative estimate of drug-likeness (QED) is 0.689. The first kappa shape index (κ1) is 19.3. The lowest BCUT2D eigenvalue weighted by molar-refractivity contribution is -0.123. The Labute approximate surface area is 170 Å². The standard InChI is InChI=1S/C21H25N5O3/c1-2-14-29-17-6-4-16(5-7-17)26-19(27)15-18(20(26)28)24-10-12-25(13-11-24)21-22-8-3-9-23-21/h3-9,18H,2,10-15H2,1H3/t18-/m0/s1. The van der Waals surface area contributed by atoms with Crippen molar-refractivity contribution in [3.05, 3.63) is 42.7 Å². The maximum atomic E-state index is 13.0. The molecule has 0 bridgehead atoms. The van der Waals surface area contributed by atoms with Crippen LogP contribution in [-0.4, -0.2) is 65.5 Å². The summed E-state index contributed by atoms with van der Waals surface area (Å²) in [7, 11) is 0. The van der Waals surface area contributed by atoms with Gasteiger partial charge in [-0.25, -0.2) is 14.9 Å². The zero-order valence-corrected chi connectivity index (χ0v) is 16.5. The summed E-state index contributed by atoms with van der Waals surface area (Å²) >= 11 is 0. The van der Waals surface area contributed by atoms with E-state index in [1.54, 1.807) is 42.7 Å². The molecule has 8 heteroatoms. The summed E-state index contributed by atoms with van der Waals surface area (Å²) in [5.74, 6) is 1.14. The summed E-state index contributed by atoms with van der Waals surface area (Å²) in [6.07, 6.45) is 4.60. The molecule has 0 saturated carbocycles. The van der Waals surface area contributed by atoms with Crippen LogP contribution in [0.4, 0.5) is 11.6 Å². The van der Waals surface area contributed by atoms with Gasteiger partial charge in [0, 0.05) is 38.6 Å². The SMILES string of the molecule is CCCOc1ccc(N2C(=O)C[C@H](N3CCN(c4ncccn4)CC3)C2=O)cc1. The van der Waals surface area contributed by atoms with Gasteiger partial charge in [0.2, 0.25) is 11.9 Å². The summed E-state index contributed by atoms with van der Waals surface area (Å²) < 4.78 is 5.58. The molecule has 152 valence electrons. The molecule has 2 amide bonds. The Balaban J connectivity index is 1.39. The van der Waals surface area contributed by atoms with Crippen LogP contribution in [0.3, 0.4) is 0 Å². The molecule has 2 saturated heterocycles. The second-order valence-electron chi connectivity index (χ2n) is 7.20. The molecule has 1 atom stereocenters. The predicted molar refractivity (Wildman–Crippen MR) is 109 cm³/mol. The van der Waals surface area contributed by atoms with E-state index in [-0.39, 0.29) is 18.2 Å². The van der Waals surface area contributed by atoms with Crippen molar-refractivity contribution >= 4 is 23.5 Å². The minimum Gasteiger partial charge on any atom is -0.494 e. The maximum absolute atomic E-state index is 13.0. The smallest absolute Gasteiger partial charge is 0.251 e. The monoisotopic (exact) mass is 395 g/mol. The number of ether oxygens (including phenoxy) is 1. The van der Waals surface area contributed by atoms with Crippen LogP contribution in [0.5, 0.6) is 5.75 Å². The van der Waals surface area contributed by atoms with Gasteiger partial charge in [0.15, 0.2) is 0 Å². The summed E-state index contributed by atoms with van der Waals surface area (Å²) in [5, 5.41) is 0. The first-order valence-corrected chi connectivity index (χ1v) is 10.0. The molecule has 1 aromatic carbocycles. The summed E-state index contributed by atoms with van der Waals surface area (Å²) in [6, 6.07) is 8.54. The topological polar surface area (TPSA) is 78.9 Å². The minimum atomic E-state index is -0.405. The van der Waals surface area contributed by atoms with Crippen LogP contribution in [0.2, 0.25) is 0 Å². The molecule has 0 spiro atoms. The third-order valence-electron chi connectivity index (χ3n) is 5.28. The van der Waals surface area contributed by atoms with Crippen molar-refractivity contribution in [3.63, 3.8) is 0 Å². The number of hydrogen-bond acceptors (Lipinski definition) is 7. The van der Waals surface area contributed by atoms with Gasteiger partial charge in [0.05, 0.1) is 24.8 Å². The van der Waals surface area contributed by atoms with Crippen molar-refractivity contribution in [2.75, 3.05) is 42.6 Å². The van der Waals surface area contributed by atoms with Gasteiger partial charge in [0.1, 0.15) is 5.75 Å². The highest BCUT2D eigenvalue weighted by atomic mass is 16.5. The molecule has 2 aromatic rings. The number of nitrogens with zero attached hydrogens (tertiary/aromatic N) is 5. The number of carbonyl (C=O) groups is 2. The number of hydrogen-bond donors (Lipinski definition) is 0. The van der Waals surface area contributed by atoms with Crippen LogP contribution in [0.25, 0.3) is 0 Å². The molecule has 2 fully saturated rings. The van der Waals surface area contributed by atoms with Crippen LogP contribution in [0.15, 0.2) is 42.7 Å². The van der Waals surface area contributed by atoms with E-state index >= 15 is 0 Å². The fourth-order valence-electron chi connectivity index (χ4n) is 3.77. The van der Waals surface area contributed by atoms with E-state index in [1.165, 1.54) is 4.90 Å². The third-order valence-corrected chi connectivity index (χ3v) is 5.28. The number of piperazine rings is 1. The first-order chi connectivity index (χ1) is 14.2. The Kier molecular flexibility index (Phi) is 5.71. The Hall–Kier alpha value is -3.00. The zero-order chi connectivity index (χ0) is 20.2. The molecule has 0 aliphatic carbocycles. The minimum absolute atomic E-state index is 0.151. The van der Waals surface area contributed by atoms with Gasteiger partial charge in [-0.15, -0.1) is 0 Å². The number of rotatable bonds is 6. The van der Waals surface area contributed by atoms with Crippen molar-refractivity contribution in [1.29, 1.82) is 0 Å². The number of anilines is 2. The van der Waals surface area contributed by atoms with Crippen LogP contribution >= 0.6 is 0 Å². The third kappa shape index (κ3) is 4.07. The number of imide groups is 1. The average molecular weight is 395 g/mol. The normalized spacial score (nSPS) is 20.4. The molecule has 0 radical (unpaired) electrons. The molecule has 1 aromatic heterocycles. The van der Waals surface area contributed by atoms with Gasteiger partial charge in [-0.3, -0.25) is 14.5 Å². The molecular formula is C21H25N5O3. The van der Waals surface area contributed by atoms with Gasteiger partial charge < -0.3 is 9.64 Å². The average Bonchev–Trinajstić information content (AvgIpc) is 3.07. The Morgan fingerprint density at radius 1 is 1.03 bits per heavy atom. The molecule has 0 N–H and O–H groups in total. The molecule has 29 heavy (non-hydrogen) atoms. The molecule has 4 rings (SSSR count). The van der Waals surface area contributed by atoms with E-state index in [2.05, 4.69) is 19.8 Å². The maximum Gasteiger partial charge on any atom is 0.251 e. The first-order valence-electron chi connectivity index (χ1n) is 10.0. The van der Waals surface area contributed by atoms with Crippen LogP contribution in [0.1, 0.15) is 19.8 Å². The van der Waals surface area contributed by atoms with E-state index < -0.39 is 6.04 Å². The van der Waals surface area contributed by atoms with Gasteiger partial charge in [0.25, 0.3) is 5.91 Å². The number of carbonyl (C=O) groups excluding carboxylic acids is 2. The van der Waals surface area contributed by atoms with E-state index in [9.17, 15) is 9.59 Å². The molecule has 2 aliphatic heterocycles. The summed E-state index contributed by atoms with van der Waals surface area (Å²) in [4.78, 5) is 39.7. The lowest BCUT2D eigenvalue weighted by atomic mass is 10.2. The Morgan fingerprint density at radius 3 is 2.38 bits per heavy atom. The van der Waals surface area contributed by atoms with Crippen molar-refractivity contribution in [2.24, 2.45) is 0 Å². The summed E-state index contributed by atoms with van der Waals surface area (Å²) in [5.41, 5.74) is 0.600. The molecule has 8 nitrogen and oxygen atoms in total. The van der Waals surface area contributed by atoms with Crippen LogP contribution in [-0.2, 0) is 9.59 Å². The molecular weight excluding hydrogens is 370 g/mol. The van der Waals surface area contributed by atoms with E-state index in [4.69, 9.17) is 4.74 Å². The van der Waals surface area contributed by atoms with Gasteiger partial charge in [-0.1, -0.05) is 6.92 Å². The van der Waals surface area contributed by atoms with E-state index in [1.807, 2.05) is 6.92 Å². The highest BCUT2D eigenvalue weighted by Crippen LogP contribution is 2.28. The van der Waals surface area contributed by atoms with Crippen molar-refractivity contribution in [3.8, 4) is 5.75 Å². The van der Waals surface area contributed by atoms with Crippen molar-refractivity contribution in [2.45, 2.75) is 25.8 Å². The van der Waals surface area contributed by atoms with Crippen molar-refractivity contribution in [1.82, 2.24) is 14.9 Å². The van der Waals surface area contributed by atoms with E-state index in [0.29, 0.717) is 31.3 Å². The Morgan fingerprint density at radius 2 is 1.72 bits per heavy atom. The lowest BCUT2D eigenvalue weighted by Gasteiger charge is -2.36. The largest absolute Gasteiger partial charge is 0.494 e. The Bertz CT molecular complexity index is 850. The zero-order valence-electron chi connectivity index (χ0n) is 16.5. The second kappa shape index (κ2) is 8.57. The van der Waals surface area contributed by atoms with Gasteiger partial charge in [-0.2, -0.15) is 0 Å². The summed E-state index contributed by atoms with van der Waals surface area (Å²) in [6.45, 7) is 5.53. The second-order valence-corrected chi connectivity index (χ2v) is 7.20. The highest BCUT2D eigenvalue weighted by molar-refractivity contribution is 6.22. The number of aromatic nitrogens is 2. The predicted octanol–water partition coefficient (Wildman–Crippen LogP) is 1.72. The fraction of sp³-hybridized carbons (Fsp3) is 0.429. The molecule has 0 unspecified atom stereocenters. The van der Waals surface area contributed by atoms with Gasteiger partial charge in [-0.05, 0) is 36.8 Å². The van der Waals surface area contributed by atoms with Crippen LogP contribution < -0.4 is 14.5 Å². The van der Waals surface area contributed by atoms with Gasteiger partial charge >= 0.3 is 0 Å².